The summed E-state index contributed by atoms with van der Waals surface area (Å²) in [5, 5.41) is 9.40. The quantitative estimate of drug-likeness (QED) is 0.623. The summed E-state index contributed by atoms with van der Waals surface area (Å²) in [6.07, 6.45) is 2.65. The molecule has 2 amide bonds. The molecule has 0 spiro atoms. The summed E-state index contributed by atoms with van der Waals surface area (Å²) >= 11 is 0. The number of amides is 2. The van der Waals surface area contributed by atoms with Crippen molar-refractivity contribution in [3.05, 3.63) is 47.1 Å². The zero-order valence-electron chi connectivity index (χ0n) is 16.4. The molecule has 0 bridgehead atoms. The number of carbonyl (C=O) groups is 2. The third-order valence-corrected chi connectivity index (χ3v) is 4.69. The van der Waals surface area contributed by atoms with E-state index in [2.05, 4.69) is 20.8 Å². The van der Waals surface area contributed by atoms with Crippen LogP contribution in [0.15, 0.2) is 22.7 Å². The first-order valence-corrected chi connectivity index (χ1v) is 9.71. The van der Waals surface area contributed by atoms with Crippen molar-refractivity contribution in [3.63, 3.8) is 0 Å². The van der Waals surface area contributed by atoms with Crippen LogP contribution < -0.4 is 10.6 Å². The number of hydrogen-bond acceptors (Lipinski definition) is 5. The van der Waals surface area contributed by atoms with E-state index in [0.29, 0.717) is 30.1 Å². The van der Waals surface area contributed by atoms with Gasteiger partial charge in [0.15, 0.2) is 5.82 Å². The van der Waals surface area contributed by atoms with Crippen LogP contribution >= 0.6 is 0 Å². The maximum atomic E-state index is 13.6. The predicted molar refractivity (Wildman–Crippen MR) is 99.9 cm³/mol. The molecule has 7 nitrogen and oxygen atoms in total. The fourth-order valence-electron chi connectivity index (χ4n) is 2.86. The topological polar surface area (TPSA) is 97.1 Å². The molecule has 1 aliphatic rings. The fraction of sp³-hybridized carbons (Fsp3) is 0.500. The minimum Gasteiger partial charge on any atom is -0.352 e. The molecule has 1 aromatic carbocycles. The van der Waals surface area contributed by atoms with Crippen molar-refractivity contribution >= 4 is 11.8 Å². The van der Waals surface area contributed by atoms with E-state index < -0.39 is 17.5 Å². The number of halogens is 2. The lowest BCUT2D eigenvalue weighted by atomic mass is 10.0. The van der Waals surface area contributed by atoms with Gasteiger partial charge in [-0.1, -0.05) is 19.0 Å². The molecule has 2 N–H and O–H groups in total. The van der Waals surface area contributed by atoms with Crippen LogP contribution in [0.4, 0.5) is 8.78 Å². The second-order valence-corrected chi connectivity index (χ2v) is 7.54. The molecule has 0 radical (unpaired) electrons. The average Bonchev–Trinajstić information content (AvgIpc) is 3.40. The first-order chi connectivity index (χ1) is 13.8. The van der Waals surface area contributed by atoms with Gasteiger partial charge in [0, 0.05) is 24.9 Å². The molecule has 1 aromatic heterocycles. The lowest BCUT2D eigenvalue weighted by Crippen LogP contribution is -2.33. The standard InChI is InChI=1S/C20H24F2N4O3/c1-11(2)17(20-25-18(26-29-20)12-5-6-12)24-16(27)4-3-9-23-19(28)14-8-7-13(21)10-15(14)22/h7-8,10-12,17H,3-6,9H2,1-2H3,(H,23,28)(H,24,27). The highest BCUT2D eigenvalue weighted by Gasteiger charge is 2.31. The van der Waals surface area contributed by atoms with E-state index in [-0.39, 0.29) is 36.4 Å². The van der Waals surface area contributed by atoms with Gasteiger partial charge in [0.1, 0.15) is 17.7 Å². The Hall–Kier alpha value is -2.84. The summed E-state index contributed by atoms with van der Waals surface area (Å²) < 4.78 is 31.8. The van der Waals surface area contributed by atoms with Gasteiger partial charge in [-0.2, -0.15) is 4.98 Å². The molecule has 29 heavy (non-hydrogen) atoms. The van der Waals surface area contributed by atoms with E-state index in [1.54, 1.807) is 0 Å². The number of carbonyl (C=O) groups excluding carboxylic acids is 2. The van der Waals surface area contributed by atoms with Crippen molar-refractivity contribution in [2.45, 2.75) is 51.5 Å². The van der Waals surface area contributed by atoms with Crippen LogP contribution in [0.3, 0.4) is 0 Å². The van der Waals surface area contributed by atoms with Gasteiger partial charge < -0.3 is 15.2 Å². The SMILES string of the molecule is CC(C)C(NC(=O)CCCNC(=O)c1ccc(F)cc1F)c1nc(C2CC2)no1. The van der Waals surface area contributed by atoms with Crippen molar-refractivity contribution in [3.8, 4) is 0 Å². The minimum absolute atomic E-state index is 0.0626. The smallest absolute Gasteiger partial charge is 0.254 e. The molecule has 1 aliphatic carbocycles. The lowest BCUT2D eigenvalue weighted by molar-refractivity contribution is -0.122. The van der Waals surface area contributed by atoms with Crippen LogP contribution in [-0.4, -0.2) is 28.5 Å². The molecule has 1 fully saturated rings. The van der Waals surface area contributed by atoms with Crippen molar-refractivity contribution in [1.29, 1.82) is 0 Å². The highest BCUT2D eigenvalue weighted by Crippen LogP contribution is 2.38. The Labute approximate surface area is 167 Å². The molecule has 1 atom stereocenters. The second kappa shape index (κ2) is 9.11. The van der Waals surface area contributed by atoms with Crippen molar-refractivity contribution in [1.82, 2.24) is 20.8 Å². The zero-order chi connectivity index (χ0) is 21.0. The van der Waals surface area contributed by atoms with Gasteiger partial charge in [-0.15, -0.1) is 0 Å². The summed E-state index contributed by atoms with van der Waals surface area (Å²) in [6.45, 7) is 4.08. The lowest BCUT2D eigenvalue weighted by Gasteiger charge is -2.18. The number of hydrogen-bond donors (Lipinski definition) is 2. The third-order valence-electron chi connectivity index (χ3n) is 4.69. The maximum Gasteiger partial charge on any atom is 0.254 e. The van der Waals surface area contributed by atoms with E-state index >= 15 is 0 Å². The summed E-state index contributed by atoms with van der Waals surface area (Å²) in [7, 11) is 0. The summed E-state index contributed by atoms with van der Waals surface area (Å²) in [6, 6.07) is 2.37. The van der Waals surface area contributed by atoms with Gasteiger partial charge >= 0.3 is 0 Å². The molecule has 0 saturated heterocycles. The maximum absolute atomic E-state index is 13.6. The van der Waals surface area contributed by atoms with Gasteiger partial charge in [-0.25, -0.2) is 8.78 Å². The van der Waals surface area contributed by atoms with E-state index in [4.69, 9.17) is 4.52 Å². The monoisotopic (exact) mass is 406 g/mol. The Morgan fingerprint density at radius 2 is 2.03 bits per heavy atom. The molecule has 3 rings (SSSR count). The van der Waals surface area contributed by atoms with Gasteiger partial charge in [-0.05, 0) is 37.3 Å². The molecule has 1 unspecified atom stereocenters. The van der Waals surface area contributed by atoms with Gasteiger partial charge in [0.05, 0.1) is 5.56 Å². The number of nitrogens with zero attached hydrogens (tertiary/aromatic N) is 2. The van der Waals surface area contributed by atoms with Gasteiger partial charge in [0.25, 0.3) is 5.91 Å². The number of benzene rings is 1. The average molecular weight is 406 g/mol. The van der Waals surface area contributed by atoms with E-state index in [1.807, 2.05) is 13.8 Å². The van der Waals surface area contributed by atoms with E-state index in [1.165, 1.54) is 0 Å². The van der Waals surface area contributed by atoms with E-state index in [9.17, 15) is 18.4 Å². The molecule has 1 saturated carbocycles. The Morgan fingerprint density at radius 1 is 1.28 bits per heavy atom. The first kappa shape index (κ1) is 20.9. The molecule has 2 aromatic rings. The second-order valence-electron chi connectivity index (χ2n) is 7.54. The Balaban J connectivity index is 1.44. The van der Waals surface area contributed by atoms with Crippen LogP contribution in [0.25, 0.3) is 0 Å². The molecule has 1 heterocycles. The van der Waals surface area contributed by atoms with Crippen molar-refractivity contribution < 1.29 is 22.9 Å². The molecular weight excluding hydrogens is 382 g/mol. The summed E-state index contributed by atoms with van der Waals surface area (Å²) in [4.78, 5) is 28.6. The molecule has 9 heteroatoms. The van der Waals surface area contributed by atoms with Crippen LogP contribution in [0.2, 0.25) is 0 Å². The van der Waals surface area contributed by atoms with Gasteiger partial charge in [-0.3, -0.25) is 9.59 Å². The van der Waals surface area contributed by atoms with Gasteiger partial charge in [0.2, 0.25) is 11.8 Å². The molecule has 156 valence electrons. The van der Waals surface area contributed by atoms with E-state index in [0.717, 1.165) is 25.0 Å². The van der Waals surface area contributed by atoms with Crippen molar-refractivity contribution in [2.75, 3.05) is 6.54 Å². The largest absolute Gasteiger partial charge is 0.352 e. The van der Waals surface area contributed by atoms with Crippen molar-refractivity contribution in [2.24, 2.45) is 5.92 Å². The fourth-order valence-corrected chi connectivity index (χ4v) is 2.86. The number of aromatic nitrogens is 2. The summed E-state index contributed by atoms with van der Waals surface area (Å²) in [5.74, 6) is -1.02. The number of rotatable bonds is 9. The summed E-state index contributed by atoms with van der Waals surface area (Å²) in [5.41, 5.74) is -0.237. The highest BCUT2D eigenvalue weighted by molar-refractivity contribution is 5.94. The predicted octanol–water partition coefficient (Wildman–Crippen LogP) is 3.25. The highest BCUT2D eigenvalue weighted by atomic mass is 19.1. The Bertz CT molecular complexity index is 880. The first-order valence-electron chi connectivity index (χ1n) is 9.71. The Kier molecular flexibility index (Phi) is 6.56. The molecular formula is C20H24F2N4O3. The minimum atomic E-state index is -0.926. The Morgan fingerprint density at radius 3 is 2.69 bits per heavy atom. The number of nitrogens with one attached hydrogen (secondary N) is 2. The van der Waals surface area contributed by atoms with Crippen LogP contribution in [0, 0.1) is 17.6 Å². The van der Waals surface area contributed by atoms with Crippen LogP contribution in [-0.2, 0) is 4.79 Å². The molecule has 0 aliphatic heterocycles. The zero-order valence-corrected chi connectivity index (χ0v) is 16.4. The van der Waals surface area contributed by atoms with Crippen LogP contribution in [0.5, 0.6) is 0 Å². The van der Waals surface area contributed by atoms with Crippen LogP contribution in [0.1, 0.15) is 73.6 Å². The third kappa shape index (κ3) is 5.58. The normalized spacial score (nSPS) is 14.7.